The first-order valence-electron chi connectivity index (χ1n) is 7.08. The molecule has 1 aromatic carbocycles. The van der Waals surface area contributed by atoms with Crippen LogP contribution in [0.15, 0.2) is 18.2 Å². The van der Waals surface area contributed by atoms with Gasteiger partial charge in [0, 0.05) is 24.2 Å². The average molecular weight is 381 g/mol. The van der Waals surface area contributed by atoms with E-state index in [-0.39, 0.29) is 18.6 Å². The van der Waals surface area contributed by atoms with Crippen LogP contribution in [0, 0.1) is 0 Å². The van der Waals surface area contributed by atoms with Crippen molar-refractivity contribution in [1.29, 1.82) is 0 Å². The normalized spacial score (nSPS) is 17.0. The van der Waals surface area contributed by atoms with E-state index in [0.29, 0.717) is 41.7 Å². The number of piperidine rings is 1. The van der Waals surface area contributed by atoms with Crippen molar-refractivity contribution >= 4 is 39.1 Å². The number of nitrogens with zero attached hydrogens (tertiary/aromatic N) is 1. The number of hydrogen-bond donors (Lipinski definition) is 1. The minimum atomic E-state index is -3.16. The van der Waals surface area contributed by atoms with Crippen LogP contribution in [0.5, 0.6) is 5.75 Å². The van der Waals surface area contributed by atoms with Gasteiger partial charge in [0.25, 0.3) is 5.91 Å². The highest BCUT2D eigenvalue weighted by Gasteiger charge is 2.25. The van der Waals surface area contributed by atoms with E-state index in [1.165, 1.54) is 16.6 Å². The number of carbonyl (C=O) groups excluding carboxylic acids is 1. The second-order valence-corrected chi connectivity index (χ2v) is 8.19. The van der Waals surface area contributed by atoms with E-state index < -0.39 is 10.0 Å². The van der Waals surface area contributed by atoms with Crippen LogP contribution in [0.3, 0.4) is 0 Å². The fourth-order valence-electron chi connectivity index (χ4n) is 2.34. The van der Waals surface area contributed by atoms with Crippen molar-refractivity contribution in [2.24, 2.45) is 0 Å². The lowest BCUT2D eigenvalue weighted by molar-refractivity contribution is -0.124. The Hall–Kier alpha value is -1.02. The second kappa shape index (κ2) is 7.70. The summed E-state index contributed by atoms with van der Waals surface area (Å²) in [5, 5.41) is 3.67. The van der Waals surface area contributed by atoms with E-state index >= 15 is 0 Å². The van der Waals surface area contributed by atoms with Gasteiger partial charge in [-0.05, 0) is 31.0 Å². The van der Waals surface area contributed by atoms with Crippen molar-refractivity contribution in [2.75, 3.05) is 26.0 Å². The van der Waals surface area contributed by atoms with Gasteiger partial charge in [-0.25, -0.2) is 12.7 Å². The molecule has 128 valence electrons. The summed E-state index contributed by atoms with van der Waals surface area (Å²) in [5.74, 6) is 0.118. The van der Waals surface area contributed by atoms with E-state index in [0.717, 1.165) is 0 Å². The molecule has 1 fully saturated rings. The summed E-state index contributed by atoms with van der Waals surface area (Å²) in [5.41, 5.74) is 0. The molecule has 0 radical (unpaired) electrons. The van der Waals surface area contributed by atoms with Gasteiger partial charge in [0.15, 0.2) is 6.61 Å². The quantitative estimate of drug-likeness (QED) is 0.846. The number of benzene rings is 1. The third-order valence-corrected chi connectivity index (χ3v) is 5.37. The molecule has 1 aliphatic rings. The molecule has 1 amide bonds. The number of halogens is 2. The molecule has 0 atom stereocenters. The van der Waals surface area contributed by atoms with Crippen LogP contribution in [0.2, 0.25) is 10.0 Å². The number of amides is 1. The Labute approximate surface area is 145 Å². The van der Waals surface area contributed by atoms with Crippen molar-refractivity contribution in [3.8, 4) is 5.75 Å². The molecule has 1 aliphatic heterocycles. The largest absolute Gasteiger partial charge is 0.482 e. The highest BCUT2D eigenvalue weighted by atomic mass is 35.5. The highest BCUT2D eigenvalue weighted by molar-refractivity contribution is 7.88. The van der Waals surface area contributed by atoms with E-state index in [4.69, 9.17) is 27.9 Å². The summed E-state index contributed by atoms with van der Waals surface area (Å²) >= 11 is 11.7. The van der Waals surface area contributed by atoms with Crippen LogP contribution in [-0.4, -0.2) is 50.6 Å². The van der Waals surface area contributed by atoms with Crippen LogP contribution >= 0.6 is 23.2 Å². The molecule has 9 heteroatoms. The first kappa shape index (κ1) is 18.3. The lowest BCUT2D eigenvalue weighted by Crippen LogP contribution is -2.47. The number of sulfonamides is 1. The standard InChI is InChI=1S/C14H18Cl2N2O4S/c1-23(20,21)18-6-4-11(5-7-18)17-14(19)9-22-13-3-2-10(15)8-12(13)16/h2-3,8,11H,4-7,9H2,1H3,(H,17,19). The molecule has 2 rings (SSSR count). The zero-order chi connectivity index (χ0) is 17.0. The van der Waals surface area contributed by atoms with Crippen LogP contribution < -0.4 is 10.1 Å². The van der Waals surface area contributed by atoms with E-state index in [1.54, 1.807) is 12.1 Å². The van der Waals surface area contributed by atoms with Crippen molar-refractivity contribution < 1.29 is 17.9 Å². The number of ether oxygens (including phenoxy) is 1. The van der Waals surface area contributed by atoms with Gasteiger partial charge in [-0.15, -0.1) is 0 Å². The van der Waals surface area contributed by atoms with Gasteiger partial charge in [-0.3, -0.25) is 4.79 Å². The van der Waals surface area contributed by atoms with Gasteiger partial charge < -0.3 is 10.1 Å². The van der Waals surface area contributed by atoms with Gasteiger partial charge in [0.1, 0.15) is 5.75 Å². The number of nitrogens with one attached hydrogen (secondary N) is 1. The third-order valence-electron chi connectivity index (χ3n) is 3.54. The van der Waals surface area contributed by atoms with Crippen molar-refractivity contribution in [3.05, 3.63) is 28.2 Å². The molecule has 0 spiro atoms. The summed E-state index contributed by atoms with van der Waals surface area (Å²) in [6, 6.07) is 4.71. The van der Waals surface area contributed by atoms with E-state index in [2.05, 4.69) is 5.32 Å². The summed E-state index contributed by atoms with van der Waals surface area (Å²) in [7, 11) is -3.16. The van der Waals surface area contributed by atoms with Crippen molar-refractivity contribution in [2.45, 2.75) is 18.9 Å². The van der Waals surface area contributed by atoms with Gasteiger partial charge in [-0.2, -0.15) is 0 Å². The Bertz CT molecular complexity index is 673. The van der Waals surface area contributed by atoms with E-state index in [9.17, 15) is 13.2 Å². The lowest BCUT2D eigenvalue weighted by Gasteiger charge is -2.30. The Morgan fingerprint density at radius 3 is 2.57 bits per heavy atom. The molecule has 23 heavy (non-hydrogen) atoms. The van der Waals surface area contributed by atoms with Gasteiger partial charge in [0.2, 0.25) is 10.0 Å². The first-order valence-corrected chi connectivity index (χ1v) is 9.68. The second-order valence-electron chi connectivity index (χ2n) is 5.37. The van der Waals surface area contributed by atoms with Gasteiger partial charge >= 0.3 is 0 Å². The third kappa shape index (κ3) is 5.53. The predicted molar refractivity (Wildman–Crippen MR) is 89.5 cm³/mol. The Morgan fingerprint density at radius 1 is 1.35 bits per heavy atom. The Balaban J connectivity index is 1.78. The molecule has 1 heterocycles. The van der Waals surface area contributed by atoms with Crippen molar-refractivity contribution in [1.82, 2.24) is 9.62 Å². The van der Waals surface area contributed by atoms with Crippen LogP contribution in [0.4, 0.5) is 0 Å². The first-order chi connectivity index (χ1) is 10.8. The maximum absolute atomic E-state index is 11.9. The molecule has 0 unspecified atom stereocenters. The van der Waals surface area contributed by atoms with Crippen LogP contribution in [-0.2, 0) is 14.8 Å². The molecule has 0 saturated carbocycles. The molecule has 6 nitrogen and oxygen atoms in total. The molecule has 0 aliphatic carbocycles. The predicted octanol–water partition coefficient (Wildman–Crippen LogP) is 1.91. The fraction of sp³-hybridized carbons (Fsp3) is 0.500. The highest BCUT2D eigenvalue weighted by Crippen LogP contribution is 2.27. The SMILES string of the molecule is CS(=O)(=O)N1CCC(NC(=O)COc2ccc(Cl)cc2Cl)CC1. The minimum Gasteiger partial charge on any atom is -0.482 e. The van der Waals surface area contributed by atoms with Crippen molar-refractivity contribution in [3.63, 3.8) is 0 Å². The summed E-state index contributed by atoms with van der Waals surface area (Å²) < 4.78 is 29.6. The van der Waals surface area contributed by atoms with Gasteiger partial charge in [0.05, 0.1) is 11.3 Å². The minimum absolute atomic E-state index is 0.0511. The maximum Gasteiger partial charge on any atom is 0.258 e. The monoisotopic (exact) mass is 380 g/mol. The zero-order valence-electron chi connectivity index (χ0n) is 12.6. The number of carbonyl (C=O) groups is 1. The molecule has 0 aromatic heterocycles. The molecular formula is C14H18Cl2N2O4S. The number of hydrogen-bond acceptors (Lipinski definition) is 4. The topological polar surface area (TPSA) is 75.7 Å². The molecule has 0 bridgehead atoms. The Morgan fingerprint density at radius 2 is 2.00 bits per heavy atom. The maximum atomic E-state index is 11.9. The number of rotatable bonds is 5. The summed E-state index contributed by atoms with van der Waals surface area (Å²) in [4.78, 5) is 11.9. The lowest BCUT2D eigenvalue weighted by atomic mass is 10.1. The average Bonchev–Trinajstić information content (AvgIpc) is 2.46. The van der Waals surface area contributed by atoms with E-state index in [1.807, 2.05) is 0 Å². The molecular weight excluding hydrogens is 363 g/mol. The smallest absolute Gasteiger partial charge is 0.258 e. The fourth-order valence-corrected chi connectivity index (χ4v) is 3.67. The molecule has 1 aromatic rings. The summed E-state index contributed by atoms with van der Waals surface area (Å²) in [6.45, 7) is 0.662. The molecule has 1 saturated heterocycles. The van der Waals surface area contributed by atoms with Crippen LogP contribution in [0.25, 0.3) is 0 Å². The Kier molecular flexibility index (Phi) is 6.13. The molecule has 1 N–H and O–H groups in total. The van der Waals surface area contributed by atoms with Crippen LogP contribution in [0.1, 0.15) is 12.8 Å². The zero-order valence-corrected chi connectivity index (χ0v) is 14.9. The van der Waals surface area contributed by atoms with Gasteiger partial charge in [-0.1, -0.05) is 23.2 Å². The summed E-state index contributed by atoms with van der Waals surface area (Å²) in [6.07, 6.45) is 2.36.